The molecule has 1 saturated carbocycles. The first-order valence-electron chi connectivity index (χ1n) is 11.1. The van der Waals surface area contributed by atoms with Gasteiger partial charge in [0.25, 0.3) is 5.91 Å². The molecule has 3 aromatic rings. The number of benzene rings is 1. The summed E-state index contributed by atoms with van der Waals surface area (Å²) in [5, 5.41) is 6.75. The molecule has 1 aliphatic carbocycles. The second-order valence-electron chi connectivity index (χ2n) is 9.04. The number of ether oxygens (including phenoxy) is 1. The molecule has 2 atom stereocenters. The molecule has 0 radical (unpaired) electrons. The number of thiazole rings is 1. The Balaban J connectivity index is 1.24. The minimum Gasteiger partial charge on any atom is -0.406 e. The second kappa shape index (κ2) is 9.44. The number of aryl methyl sites for hydroxylation is 1. The van der Waals surface area contributed by atoms with Crippen molar-refractivity contribution in [1.29, 1.82) is 0 Å². The van der Waals surface area contributed by atoms with E-state index in [1.807, 2.05) is 7.05 Å². The van der Waals surface area contributed by atoms with Gasteiger partial charge in [-0.2, -0.15) is 5.10 Å². The van der Waals surface area contributed by atoms with E-state index < -0.39 is 6.36 Å². The number of likely N-dealkylation sites (tertiary alicyclic amines) is 1. The zero-order valence-electron chi connectivity index (χ0n) is 18.8. The van der Waals surface area contributed by atoms with Crippen molar-refractivity contribution in [3.63, 3.8) is 0 Å². The SMILES string of the molecule is Cn1cc(Cl)c(CN2CC3C(C2)C3CN(Cc2cccc(OC(F)(F)F)c2)C(=O)c2cscn2)n1. The molecule has 2 unspecified atom stereocenters. The van der Waals surface area contributed by atoms with Gasteiger partial charge in [0.15, 0.2) is 0 Å². The fourth-order valence-electron chi connectivity index (χ4n) is 4.98. The summed E-state index contributed by atoms with van der Waals surface area (Å²) in [5.41, 5.74) is 3.35. The lowest BCUT2D eigenvalue weighted by molar-refractivity contribution is -0.274. The van der Waals surface area contributed by atoms with E-state index >= 15 is 0 Å². The van der Waals surface area contributed by atoms with Gasteiger partial charge in [0, 0.05) is 51.3 Å². The molecule has 1 saturated heterocycles. The monoisotopic (exact) mass is 525 g/mol. The third-order valence-corrected chi connectivity index (χ3v) is 7.45. The minimum atomic E-state index is -4.77. The highest BCUT2D eigenvalue weighted by Gasteiger charge is 2.56. The van der Waals surface area contributed by atoms with Gasteiger partial charge in [0.05, 0.1) is 16.2 Å². The van der Waals surface area contributed by atoms with Gasteiger partial charge in [0.2, 0.25) is 0 Å². The van der Waals surface area contributed by atoms with Crippen LogP contribution in [-0.4, -0.2) is 56.5 Å². The Morgan fingerprint density at radius 2 is 2.09 bits per heavy atom. The van der Waals surface area contributed by atoms with Crippen LogP contribution in [0.15, 0.2) is 41.4 Å². The molecule has 1 aromatic carbocycles. The molecule has 5 rings (SSSR count). The van der Waals surface area contributed by atoms with E-state index in [1.54, 1.807) is 32.7 Å². The van der Waals surface area contributed by atoms with Crippen molar-refractivity contribution in [1.82, 2.24) is 24.6 Å². The molecule has 1 aliphatic heterocycles. The van der Waals surface area contributed by atoms with Gasteiger partial charge in [-0.25, -0.2) is 4.98 Å². The molecule has 0 spiro atoms. The minimum absolute atomic E-state index is 0.175. The Hall–Kier alpha value is -2.63. The first-order valence-corrected chi connectivity index (χ1v) is 12.4. The highest BCUT2D eigenvalue weighted by atomic mass is 35.5. The summed E-state index contributed by atoms with van der Waals surface area (Å²) in [6.07, 6.45) is -2.99. The van der Waals surface area contributed by atoms with Crippen LogP contribution < -0.4 is 4.74 Å². The number of carbonyl (C=O) groups is 1. The molecule has 7 nitrogen and oxygen atoms in total. The number of piperidine rings is 1. The smallest absolute Gasteiger partial charge is 0.406 e. The van der Waals surface area contributed by atoms with E-state index in [0.717, 1.165) is 18.8 Å². The van der Waals surface area contributed by atoms with Crippen molar-refractivity contribution in [2.75, 3.05) is 19.6 Å². The molecule has 35 heavy (non-hydrogen) atoms. The summed E-state index contributed by atoms with van der Waals surface area (Å²) in [5.74, 6) is 0.729. The Bertz CT molecular complexity index is 1190. The Morgan fingerprint density at radius 1 is 1.31 bits per heavy atom. The summed E-state index contributed by atoms with van der Waals surface area (Å²) in [4.78, 5) is 21.3. The van der Waals surface area contributed by atoms with E-state index in [0.29, 0.717) is 47.1 Å². The van der Waals surface area contributed by atoms with Crippen LogP contribution in [0.2, 0.25) is 5.02 Å². The quantitative estimate of drug-likeness (QED) is 0.435. The van der Waals surface area contributed by atoms with Gasteiger partial charge < -0.3 is 9.64 Å². The van der Waals surface area contributed by atoms with Crippen LogP contribution in [0.4, 0.5) is 13.2 Å². The predicted octanol–water partition coefficient (Wildman–Crippen LogP) is 4.45. The fraction of sp³-hybridized carbons (Fsp3) is 0.435. The van der Waals surface area contributed by atoms with Gasteiger partial charge >= 0.3 is 6.36 Å². The number of amides is 1. The van der Waals surface area contributed by atoms with Gasteiger partial charge in [-0.3, -0.25) is 14.4 Å². The molecule has 0 bridgehead atoms. The Kier molecular flexibility index (Phi) is 6.49. The van der Waals surface area contributed by atoms with Crippen molar-refractivity contribution >= 4 is 28.8 Å². The number of hydrogen-bond donors (Lipinski definition) is 0. The van der Waals surface area contributed by atoms with Crippen molar-refractivity contribution < 1.29 is 22.7 Å². The number of hydrogen-bond acceptors (Lipinski definition) is 6. The molecule has 0 N–H and O–H groups in total. The van der Waals surface area contributed by atoms with Gasteiger partial charge in [-0.15, -0.1) is 24.5 Å². The summed E-state index contributed by atoms with van der Waals surface area (Å²) in [6.45, 7) is 3.18. The highest BCUT2D eigenvalue weighted by molar-refractivity contribution is 7.07. The van der Waals surface area contributed by atoms with Gasteiger partial charge in [0.1, 0.15) is 11.4 Å². The van der Waals surface area contributed by atoms with Crippen molar-refractivity contribution in [3.8, 4) is 5.75 Å². The van der Waals surface area contributed by atoms with Gasteiger partial charge in [-0.05, 0) is 35.4 Å². The molecule has 1 amide bonds. The van der Waals surface area contributed by atoms with Crippen LogP contribution in [0.25, 0.3) is 0 Å². The van der Waals surface area contributed by atoms with Crippen LogP contribution in [0.3, 0.4) is 0 Å². The first kappa shape index (κ1) is 24.1. The molecule has 12 heteroatoms. The zero-order valence-corrected chi connectivity index (χ0v) is 20.4. The van der Waals surface area contributed by atoms with Crippen molar-refractivity contribution in [2.24, 2.45) is 24.8 Å². The maximum Gasteiger partial charge on any atom is 0.573 e. The molecule has 186 valence electrons. The molecular formula is C23H23ClF3N5O2S. The second-order valence-corrected chi connectivity index (χ2v) is 10.2. The molecule has 2 aromatic heterocycles. The van der Waals surface area contributed by atoms with Crippen LogP contribution >= 0.6 is 22.9 Å². The predicted molar refractivity (Wildman–Crippen MR) is 124 cm³/mol. The van der Waals surface area contributed by atoms with Crippen LogP contribution in [0.1, 0.15) is 21.7 Å². The number of alkyl halides is 3. The Labute approximate surface area is 209 Å². The molecule has 3 heterocycles. The summed E-state index contributed by atoms with van der Waals surface area (Å²) in [7, 11) is 1.84. The molecular weight excluding hydrogens is 503 g/mol. The Morgan fingerprint density at radius 3 is 2.71 bits per heavy atom. The van der Waals surface area contributed by atoms with Crippen molar-refractivity contribution in [3.05, 3.63) is 63.3 Å². The lowest BCUT2D eigenvalue weighted by atomic mass is 10.1. The van der Waals surface area contributed by atoms with E-state index in [-0.39, 0.29) is 18.2 Å². The van der Waals surface area contributed by atoms with E-state index in [9.17, 15) is 18.0 Å². The first-order chi connectivity index (χ1) is 16.7. The number of carbonyl (C=O) groups excluding carboxylic acids is 1. The van der Waals surface area contributed by atoms with Crippen LogP contribution in [0, 0.1) is 17.8 Å². The highest BCUT2D eigenvalue weighted by Crippen LogP contribution is 2.52. The number of aromatic nitrogens is 3. The number of rotatable bonds is 8. The van der Waals surface area contributed by atoms with E-state index in [1.165, 1.54) is 29.5 Å². The number of nitrogens with zero attached hydrogens (tertiary/aromatic N) is 5. The summed E-state index contributed by atoms with van der Waals surface area (Å²) >= 11 is 7.57. The summed E-state index contributed by atoms with van der Waals surface area (Å²) < 4.78 is 43.7. The topological polar surface area (TPSA) is 63.5 Å². The lowest BCUT2D eigenvalue weighted by Crippen LogP contribution is -2.35. The average molecular weight is 526 g/mol. The van der Waals surface area contributed by atoms with E-state index in [2.05, 4.69) is 19.7 Å². The third kappa shape index (κ3) is 5.62. The van der Waals surface area contributed by atoms with Crippen LogP contribution in [0.5, 0.6) is 5.75 Å². The average Bonchev–Trinajstić information content (AvgIpc) is 3.24. The molecule has 2 fully saturated rings. The number of fused-ring (bicyclic) bond motifs is 1. The normalized spacial score (nSPS) is 21.7. The van der Waals surface area contributed by atoms with Gasteiger partial charge in [-0.1, -0.05) is 23.7 Å². The molecule has 2 aliphatic rings. The largest absolute Gasteiger partial charge is 0.573 e. The van der Waals surface area contributed by atoms with E-state index in [4.69, 9.17) is 11.6 Å². The van der Waals surface area contributed by atoms with Crippen LogP contribution in [-0.2, 0) is 20.1 Å². The number of halogens is 4. The lowest BCUT2D eigenvalue weighted by Gasteiger charge is -2.25. The maximum absolute atomic E-state index is 13.2. The third-order valence-electron chi connectivity index (χ3n) is 6.55. The standard InChI is InChI=1S/C23H23ClF3N5O2S/c1-30-10-19(24)20(29-30)11-31-7-16-17(8-31)18(16)9-32(22(33)21-12-35-13-28-21)6-14-3-2-4-15(5-14)34-23(25,26)27/h2-5,10,12-13,16-18H,6-9,11H2,1H3. The summed E-state index contributed by atoms with van der Waals surface area (Å²) in [6, 6.07) is 5.75. The maximum atomic E-state index is 13.2. The van der Waals surface area contributed by atoms with Crippen molar-refractivity contribution in [2.45, 2.75) is 19.5 Å². The fourth-order valence-corrected chi connectivity index (χ4v) is 5.74. The zero-order chi connectivity index (χ0) is 24.7.